The van der Waals surface area contributed by atoms with Crippen molar-refractivity contribution in [3.05, 3.63) is 131 Å². The van der Waals surface area contributed by atoms with Crippen LogP contribution in [0.15, 0.2) is 97.1 Å². The van der Waals surface area contributed by atoms with Crippen LogP contribution in [0.1, 0.15) is 86.8 Å². The number of nitrogens with one attached hydrogen (secondary N) is 2. The first-order valence-electron chi connectivity index (χ1n) is 23.9. The molecule has 0 saturated carbocycles. The highest BCUT2D eigenvalue weighted by molar-refractivity contribution is 8.76. The van der Waals surface area contributed by atoms with E-state index in [0.717, 1.165) is 66.2 Å². The fourth-order valence-corrected chi connectivity index (χ4v) is 11.1. The minimum absolute atomic E-state index is 0.102. The molecule has 0 spiro atoms. The predicted molar refractivity (Wildman–Crippen MR) is 276 cm³/mol. The molecule has 0 bridgehead atoms. The van der Waals surface area contributed by atoms with Gasteiger partial charge in [-0.3, -0.25) is 24.0 Å². The van der Waals surface area contributed by atoms with Crippen LogP contribution in [0.4, 0.5) is 22.7 Å². The van der Waals surface area contributed by atoms with Crippen molar-refractivity contribution in [1.29, 1.82) is 0 Å². The molecular formula is C52H54N10O7S2. The maximum Gasteiger partial charge on any atom is 0.277 e. The van der Waals surface area contributed by atoms with Gasteiger partial charge in [0.05, 0.1) is 49.6 Å². The zero-order chi connectivity index (χ0) is 49.0. The van der Waals surface area contributed by atoms with E-state index in [-0.39, 0.29) is 41.1 Å². The third kappa shape index (κ3) is 9.80. The number of carbonyl (C=O) groups excluding carboxylic acids is 5. The summed E-state index contributed by atoms with van der Waals surface area (Å²) >= 11 is 0. The Morgan fingerprint density at radius 3 is 1.49 bits per heavy atom. The number of hydrogen-bond donors (Lipinski definition) is 2. The number of fused-ring (bicyclic) bond motifs is 2. The Morgan fingerprint density at radius 1 is 0.521 bits per heavy atom. The Kier molecular flexibility index (Phi) is 14.0. The molecule has 71 heavy (non-hydrogen) atoms. The number of carbonyl (C=O) groups is 5. The molecule has 4 aliphatic heterocycles. The second-order valence-corrected chi connectivity index (χ2v) is 20.1. The van der Waals surface area contributed by atoms with Crippen molar-refractivity contribution in [1.82, 2.24) is 30.2 Å². The number of ether oxygens (including phenoxy) is 2. The summed E-state index contributed by atoms with van der Waals surface area (Å²) in [5.74, 6) is 1.08. The van der Waals surface area contributed by atoms with Gasteiger partial charge in [0.2, 0.25) is 11.8 Å². The van der Waals surface area contributed by atoms with Crippen LogP contribution in [-0.4, -0.2) is 101 Å². The average Bonchev–Trinajstić information content (AvgIpc) is 4.00. The van der Waals surface area contributed by atoms with Crippen LogP contribution in [0.3, 0.4) is 0 Å². The summed E-state index contributed by atoms with van der Waals surface area (Å²) in [5.41, 5.74) is 8.02. The van der Waals surface area contributed by atoms with E-state index < -0.39 is 5.91 Å². The highest BCUT2D eigenvalue weighted by Gasteiger charge is 2.36. The van der Waals surface area contributed by atoms with Crippen molar-refractivity contribution in [3.63, 3.8) is 0 Å². The number of methoxy groups -OCH3 is 2. The highest BCUT2D eigenvalue weighted by Crippen LogP contribution is 2.34. The maximum absolute atomic E-state index is 14.4. The third-order valence-corrected chi connectivity index (χ3v) is 15.4. The highest BCUT2D eigenvalue weighted by atomic mass is 33.1. The SMILES string of the molecule is COc1ccc(-n2nc(C(=O)NCSSCNC(=O)c3nn(-c4ccc(OC)cc4)c4c3CCN(c3ccc(N5CCCCC5=O)cc3)C4=O)c3c2CN(c2ccc(N4CCCCC4=O)cc2)CC3)cc1. The molecule has 17 nitrogen and oxygen atoms in total. The molecule has 5 amide bonds. The lowest BCUT2D eigenvalue weighted by Gasteiger charge is -2.31. The molecule has 0 radical (unpaired) electrons. The van der Waals surface area contributed by atoms with Crippen molar-refractivity contribution < 1.29 is 33.4 Å². The first-order chi connectivity index (χ1) is 34.7. The molecule has 0 atom stereocenters. The van der Waals surface area contributed by atoms with E-state index in [0.29, 0.717) is 91.7 Å². The lowest BCUT2D eigenvalue weighted by atomic mass is 10.0. The van der Waals surface area contributed by atoms with Crippen LogP contribution in [0.2, 0.25) is 0 Å². The van der Waals surface area contributed by atoms with Crippen molar-refractivity contribution >= 4 is 73.9 Å². The van der Waals surface area contributed by atoms with E-state index in [2.05, 4.69) is 27.7 Å². The number of aromatic nitrogens is 4. The molecule has 2 fully saturated rings. The molecule has 0 unspecified atom stereocenters. The molecule has 10 rings (SSSR count). The van der Waals surface area contributed by atoms with Crippen molar-refractivity contribution in [2.24, 2.45) is 0 Å². The van der Waals surface area contributed by atoms with Crippen LogP contribution in [0.5, 0.6) is 11.5 Å². The van der Waals surface area contributed by atoms with E-state index in [1.54, 1.807) is 48.3 Å². The van der Waals surface area contributed by atoms with Crippen molar-refractivity contribution in [2.75, 3.05) is 71.8 Å². The van der Waals surface area contributed by atoms with Gasteiger partial charge in [-0.2, -0.15) is 10.2 Å². The van der Waals surface area contributed by atoms with Crippen molar-refractivity contribution in [3.8, 4) is 22.9 Å². The van der Waals surface area contributed by atoms with Gasteiger partial charge in [0.25, 0.3) is 17.7 Å². The molecule has 2 aromatic heterocycles. The van der Waals surface area contributed by atoms with Crippen LogP contribution < -0.4 is 39.7 Å². The molecule has 4 aromatic carbocycles. The lowest BCUT2D eigenvalue weighted by molar-refractivity contribution is -0.120. The Balaban J connectivity index is 0.789. The van der Waals surface area contributed by atoms with Crippen LogP contribution >= 0.6 is 21.6 Å². The second kappa shape index (κ2) is 21.0. The molecule has 6 aromatic rings. The van der Waals surface area contributed by atoms with Crippen LogP contribution in [0, 0.1) is 0 Å². The first kappa shape index (κ1) is 47.4. The van der Waals surface area contributed by atoms with E-state index >= 15 is 0 Å². The number of nitrogens with zero attached hydrogens (tertiary/aromatic N) is 8. The Bertz CT molecular complexity index is 2960. The quantitative estimate of drug-likeness (QED) is 0.0596. The Morgan fingerprint density at radius 2 is 0.972 bits per heavy atom. The largest absolute Gasteiger partial charge is 0.497 e. The minimum Gasteiger partial charge on any atom is -0.497 e. The van der Waals surface area contributed by atoms with Crippen molar-refractivity contribution in [2.45, 2.75) is 57.9 Å². The summed E-state index contributed by atoms with van der Waals surface area (Å²) in [6.45, 7) is 2.95. The van der Waals surface area contributed by atoms with Crippen LogP contribution in [-0.2, 0) is 29.0 Å². The molecule has 19 heteroatoms. The minimum atomic E-state index is -0.416. The number of rotatable bonds is 15. The monoisotopic (exact) mass is 994 g/mol. The molecular weight excluding hydrogens is 941 g/mol. The number of hydrogen-bond acceptors (Lipinski definition) is 12. The smallest absolute Gasteiger partial charge is 0.277 e. The molecule has 2 saturated heterocycles. The van der Waals surface area contributed by atoms with Gasteiger partial charge in [-0.15, -0.1) is 0 Å². The number of anilines is 4. The van der Waals surface area contributed by atoms with E-state index in [1.807, 2.05) is 70.2 Å². The Labute approximate surface area is 419 Å². The number of amides is 5. The summed E-state index contributed by atoms with van der Waals surface area (Å²) in [6.07, 6.45) is 5.88. The second-order valence-electron chi connectivity index (χ2n) is 17.6. The summed E-state index contributed by atoms with van der Waals surface area (Å²) in [5, 5.41) is 15.6. The van der Waals surface area contributed by atoms with Gasteiger partial charge in [0.1, 0.15) is 17.2 Å². The fourth-order valence-electron chi connectivity index (χ4n) is 9.71. The molecule has 366 valence electrons. The number of benzene rings is 4. The van der Waals surface area contributed by atoms with Gasteiger partial charge in [-0.1, -0.05) is 21.6 Å². The molecule has 2 N–H and O–H groups in total. The van der Waals surface area contributed by atoms with E-state index in [9.17, 15) is 24.0 Å². The van der Waals surface area contributed by atoms with Crippen LogP contribution in [0.25, 0.3) is 11.4 Å². The van der Waals surface area contributed by atoms with E-state index in [1.165, 1.54) is 26.3 Å². The third-order valence-electron chi connectivity index (χ3n) is 13.5. The van der Waals surface area contributed by atoms with Gasteiger partial charge in [0.15, 0.2) is 11.4 Å². The lowest BCUT2D eigenvalue weighted by Crippen LogP contribution is -2.39. The fraction of sp³-hybridized carbons (Fsp3) is 0.327. The normalized spacial score (nSPS) is 15.9. The van der Waals surface area contributed by atoms with Gasteiger partial charge in [-0.05, 0) is 136 Å². The summed E-state index contributed by atoms with van der Waals surface area (Å²) in [7, 11) is 5.94. The first-order valence-corrected chi connectivity index (χ1v) is 26.4. The summed E-state index contributed by atoms with van der Waals surface area (Å²) in [4.78, 5) is 74.9. The predicted octanol–water partition coefficient (Wildman–Crippen LogP) is 7.33. The van der Waals surface area contributed by atoms with Gasteiger partial charge < -0.3 is 39.7 Å². The average molecular weight is 995 g/mol. The number of piperidine rings is 2. The van der Waals surface area contributed by atoms with Gasteiger partial charge in [0, 0.05) is 72.9 Å². The zero-order valence-corrected chi connectivity index (χ0v) is 41.2. The zero-order valence-electron chi connectivity index (χ0n) is 39.6. The molecule has 0 aliphatic carbocycles. The standard InChI is InChI=1S/C52H54N10O7S2/c1-68-40-21-17-38(18-22-40)61-44-31-57(34-9-11-35(12-10-34)58-27-5-3-7-45(58)63)29-25-42(44)47(55-61)50(65)53-32-70-71-33-54-51(66)48-43-26-30-60(37-15-13-36(14-16-37)59-28-6-4-8-46(59)64)52(67)49(43)62(56-48)39-19-23-41(69-2)24-20-39/h9-24H,3-8,25-33H2,1-2H3,(H,53,65)(H,54,66). The summed E-state index contributed by atoms with van der Waals surface area (Å²) in [6, 6.07) is 30.3. The maximum atomic E-state index is 14.4. The molecule has 4 aliphatic rings. The van der Waals surface area contributed by atoms with Gasteiger partial charge in [-0.25, -0.2) is 9.36 Å². The van der Waals surface area contributed by atoms with Gasteiger partial charge >= 0.3 is 0 Å². The summed E-state index contributed by atoms with van der Waals surface area (Å²) < 4.78 is 14.1. The Hall–Kier alpha value is -7.25. The molecule has 6 heterocycles. The topological polar surface area (TPSA) is 176 Å². The van der Waals surface area contributed by atoms with E-state index in [4.69, 9.17) is 19.7 Å².